The van der Waals surface area contributed by atoms with Crippen molar-refractivity contribution in [2.24, 2.45) is 5.41 Å². The van der Waals surface area contributed by atoms with Crippen molar-refractivity contribution in [2.45, 2.75) is 52.2 Å². The number of aliphatic hydroxyl groups excluding tert-OH is 1. The van der Waals surface area contributed by atoms with Crippen molar-refractivity contribution < 1.29 is 14.6 Å². The second-order valence-electron chi connectivity index (χ2n) is 7.08. The van der Waals surface area contributed by atoms with E-state index in [1.165, 1.54) is 0 Å². The van der Waals surface area contributed by atoms with Gasteiger partial charge in [-0.2, -0.15) is 0 Å². The fourth-order valence-corrected chi connectivity index (χ4v) is 4.51. The maximum atomic E-state index is 12.6. The molecule has 0 aromatic heterocycles. The molecule has 1 unspecified atom stereocenters. The molecule has 2 aliphatic heterocycles. The number of amides is 1. The molecule has 1 aromatic carbocycles. The average molecular weight is 384 g/mol. The summed E-state index contributed by atoms with van der Waals surface area (Å²) in [4.78, 5) is 12.6. The van der Waals surface area contributed by atoms with Crippen molar-refractivity contribution in [2.75, 3.05) is 6.61 Å². The predicted octanol–water partition coefficient (Wildman–Crippen LogP) is 5.01. The molecule has 0 aliphatic carbocycles. The number of benzene rings is 1. The standard InChI is InChI=1S/C19H23Cl2NO3/c1-4-18(5-2)6-7-19(25-10-18)16(23)15(17(24)22-19)14-11(3)8-12(20)9-13(14)21/h8-9,23H,4-7,10H2,1-3H3,(H,22,24). The van der Waals surface area contributed by atoms with Gasteiger partial charge in [-0.05, 0) is 49.3 Å². The molecule has 6 heteroatoms. The molecular weight excluding hydrogens is 361 g/mol. The third-order valence-corrected chi connectivity index (χ3v) is 6.31. The van der Waals surface area contributed by atoms with Crippen LogP contribution < -0.4 is 5.32 Å². The number of aliphatic hydroxyl groups is 1. The highest BCUT2D eigenvalue weighted by molar-refractivity contribution is 6.38. The molecule has 1 aromatic rings. The van der Waals surface area contributed by atoms with Crippen molar-refractivity contribution in [3.63, 3.8) is 0 Å². The van der Waals surface area contributed by atoms with Crippen LogP contribution in [0.2, 0.25) is 10.0 Å². The first-order valence-electron chi connectivity index (χ1n) is 8.64. The summed E-state index contributed by atoms with van der Waals surface area (Å²) < 4.78 is 6.05. The van der Waals surface area contributed by atoms with Crippen molar-refractivity contribution in [3.8, 4) is 0 Å². The summed E-state index contributed by atoms with van der Waals surface area (Å²) in [5.74, 6) is -0.448. The van der Waals surface area contributed by atoms with E-state index in [9.17, 15) is 9.90 Å². The SMILES string of the molecule is CCC1(CC)CCC2(NC(=O)C(c3c(C)cc(Cl)cc3Cl)=C2O)OC1. The molecule has 2 N–H and O–H groups in total. The summed E-state index contributed by atoms with van der Waals surface area (Å²) in [6.45, 7) is 6.61. The normalized spacial score (nSPS) is 25.6. The van der Waals surface area contributed by atoms with Gasteiger partial charge in [0.25, 0.3) is 5.91 Å². The van der Waals surface area contributed by atoms with Gasteiger partial charge in [0.05, 0.1) is 17.2 Å². The Labute approximate surface area is 158 Å². The Morgan fingerprint density at radius 2 is 1.92 bits per heavy atom. The van der Waals surface area contributed by atoms with Gasteiger partial charge in [0.2, 0.25) is 0 Å². The van der Waals surface area contributed by atoms with E-state index < -0.39 is 5.72 Å². The number of ether oxygens (including phenoxy) is 1. The molecule has 1 fully saturated rings. The molecule has 1 amide bonds. The molecule has 0 saturated carbocycles. The number of nitrogens with one attached hydrogen (secondary N) is 1. The number of hydrogen-bond acceptors (Lipinski definition) is 3. The Hall–Kier alpha value is -1.23. The first kappa shape index (κ1) is 18.6. The van der Waals surface area contributed by atoms with Crippen LogP contribution in [0.15, 0.2) is 17.9 Å². The first-order valence-corrected chi connectivity index (χ1v) is 9.39. The molecule has 25 heavy (non-hydrogen) atoms. The van der Waals surface area contributed by atoms with E-state index in [4.69, 9.17) is 27.9 Å². The second-order valence-corrected chi connectivity index (χ2v) is 7.92. The van der Waals surface area contributed by atoms with Gasteiger partial charge in [0.15, 0.2) is 11.5 Å². The van der Waals surface area contributed by atoms with Crippen molar-refractivity contribution >= 4 is 34.7 Å². The number of carbonyl (C=O) groups is 1. The maximum Gasteiger partial charge on any atom is 0.258 e. The van der Waals surface area contributed by atoms with Crippen molar-refractivity contribution in [1.82, 2.24) is 5.32 Å². The number of hydrogen-bond donors (Lipinski definition) is 2. The van der Waals surface area contributed by atoms with E-state index in [-0.39, 0.29) is 22.7 Å². The van der Waals surface area contributed by atoms with Crippen LogP contribution in [0.5, 0.6) is 0 Å². The molecule has 3 rings (SSSR count). The van der Waals surface area contributed by atoms with Crippen LogP contribution in [0.1, 0.15) is 50.7 Å². The Bertz CT molecular complexity index is 720. The third-order valence-electron chi connectivity index (χ3n) is 5.80. The molecule has 136 valence electrons. The molecule has 2 heterocycles. The van der Waals surface area contributed by atoms with Gasteiger partial charge in [-0.25, -0.2) is 0 Å². The Kier molecular flexibility index (Phi) is 4.82. The molecule has 4 nitrogen and oxygen atoms in total. The summed E-state index contributed by atoms with van der Waals surface area (Å²) in [6.07, 6.45) is 3.44. The van der Waals surface area contributed by atoms with E-state index in [1.807, 2.05) is 6.92 Å². The Morgan fingerprint density at radius 3 is 2.44 bits per heavy atom. The largest absolute Gasteiger partial charge is 0.507 e. The lowest BCUT2D eigenvalue weighted by Crippen LogP contribution is -2.53. The van der Waals surface area contributed by atoms with Crippen LogP contribution >= 0.6 is 23.2 Å². The van der Waals surface area contributed by atoms with Gasteiger partial charge in [0, 0.05) is 17.0 Å². The minimum absolute atomic E-state index is 0.0781. The maximum absolute atomic E-state index is 12.6. The topological polar surface area (TPSA) is 58.6 Å². The van der Waals surface area contributed by atoms with Gasteiger partial charge in [-0.3, -0.25) is 4.79 Å². The monoisotopic (exact) mass is 383 g/mol. The first-order chi connectivity index (χ1) is 11.8. The summed E-state index contributed by atoms with van der Waals surface area (Å²) in [7, 11) is 0. The molecule has 0 bridgehead atoms. The van der Waals surface area contributed by atoms with Crippen LogP contribution in [0.4, 0.5) is 0 Å². The molecule has 1 atom stereocenters. The van der Waals surface area contributed by atoms with Crippen molar-refractivity contribution in [3.05, 3.63) is 39.1 Å². The zero-order valence-corrected chi connectivity index (χ0v) is 16.2. The van der Waals surface area contributed by atoms with Crippen molar-refractivity contribution in [1.29, 1.82) is 0 Å². The second kappa shape index (κ2) is 6.49. The number of halogens is 2. The molecule has 1 saturated heterocycles. The highest BCUT2D eigenvalue weighted by Gasteiger charge is 2.52. The van der Waals surface area contributed by atoms with E-state index in [2.05, 4.69) is 19.2 Å². The molecule has 1 spiro atoms. The van der Waals surface area contributed by atoms with Gasteiger partial charge in [-0.1, -0.05) is 37.0 Å². The number of aryl methyl sites for hydroxylation is 1. The average Bonchev–Trinajstić information content (AvgIpc) is 2.80. The summed E-state index contributed by atoms with van der Waals surface area (Å²) in [5.41, 5.74) is 0.380. The van der Waals surface area contributed by atoms with Crippen LogP contribution in [-0.2, 0) is 9.53 Å². The van der Waals surface area contributed by atoms with Crippen LogP contribution in [0.25, 0.3) is 5.57 Å². The van der Waals surface area contributed by atoms with E-state index in [1.54, 1.807) is 12.1 Å². The summed E-state index contributed by atoms with van der Waals surface area (Å²) >= 11 is 12.3. The molecule has 0 radical (unpaired) electrons. The lowest BCUT2D eigenvalue weighted by atomic mass is 9.75. The van der Waals surface area contributed by atoms with E-state index in [0.29, 0.717) is 28.6 Å². The van der Waals surface area contributed by atoms with E-state index in [0.717, 1.165) is 24.8 Å². The summed E-state index contributed by atoms with van der Waals surface area (Å²) in [6, 6.07) is 3.30. The quantitative estimate of drug-likeness (QED) is 0.770. The van der Waals surface area contributed by atoms with E-state index >= 15 is 0 Å². The molecule has 2 aliphatic rings. The molecular formula is C19H23Cl2NO3. The van der Waals surface area contributed by atoms with Gasteiger partial charge < -0.3 is 15.2 Å². The van der Waals surface area contributed by atoms with Crippen LogP contribution in [-0.4, -0.2) is 23.3 Å². The fourth-order valence-electron chi connectivity index (χ4n) is 3.82. The fraction of sp³-hybridized carbons (Fsp3) is 0.526. The van der Waals surface area contributed by atoms with Crippen LogP contribution in [0, 0.1) is 12.3 Å². The minimum Gasteiger partial charge on any atom is -0.507 e. The number of rotatable bonds is 3. The van der Waals surface area contributed by atoms with Crippen LogP contribution in [0.3, 0.4) is 0 Å². The van der Waals surface area contributed by atoms with Gasteiger partial charge in [-0.15, -0.1) is 0 Å². The highest BCUT2D eigenvalue weighted by atomic mass is 35.5. The zero-order chi connectivity index (χ0) is 18.4. The van der Waals surface area contributed by atoms with Gasteiger partial charge >= 0.3 is 0 Å². The predicted molar refractivity (Wildman–Crippen MR) is 99.8 cm³/mol. The zero-order valence-electron chi connectivity index (χ0n) is 14.7. The lowest BCUT2D eigenvalue weighted by Gasteiger charge is -2.44. The third kappa shape index (κ3) is 2.94. The minimum atomic E-state index is -1.14. The van der Waals surface area contributed by atoms with Gasteiger partial charge in [0.1, 0.15) is 0 Å². The highest BCUT2D eigenvalue weighted by Crippen LogP contribution is 2.47. The number of carbonyl (C=O) groups excluding carboxylic acids is 1. The Morgan fingerprint density at radius 1 is 1.24 bits per heavy atom. The lowest BCUT2D eigenvalue weighted by molar-refractivity contribution is -0.151. The Balaban J connectivity index is 2.02. The smallest absolute Gasteiger partial charge is 0.258 e. The summed E-state index contributed by atoms with van der Waals surface area (Å²) in [5, 5.41) is 14.6.